The molecule has 2 aliphatic rings. The van der Waals surface area contributed by atoms with Crippen LogP contribution in [0.3, 0.4) is 0 Å². The van der Waals surface area contributed by atoms with E-state index in [9.17, 15) is 4.39 Å². The summed E-state index contributed by atoms with van der Waals surface area (Å²) in [5.41, 5.74) is 0.467. The Morgan fingerprint density at radius 1 is 1.18 bits per heavy atom. The molecule has 4 nitrogen and oxygen atoms in total. The number of ether oxygens (including phenoxy) is 3. The van der Waals surface area contributed by atoms with E-state index in [1.807, 2.05) is 0 Å². The third-order valence-electron chi connectivity index (χ3n) is 2.94. The molecule has 0 saturated carbocycles. The Hall–Kier alpha value is -1.33. The zero-order valence-electron chi connectivity index (χ0n) is 9.37. The maximum atomic E-state index is 13.9. The van der Waals surface area contributed by atoms with E-state index < -0.39 is 0 Å². The quantitative estimate of drug-likeness (QED) is 0.801. The highest BCUT2D eigenvalue weighted by atomic mass is 19.1. The van der Waals surface area contributed by atoms with E-state index in [4.69, 9.17) is 14.2 Å². The molecule has 0 aliphatic carbocycles. The molecule has 5 heteroatoms. The predicted octanol–water partition coefficient (Wildman–Crippen LogP) is 1.26. The summed E-state index contributed by atoms with van der Waals surface area (Å²) < 4.78 is 30.4. The average molecular weight is 239 g/mol. The second-order valence-electron chi connectivity index (χ2n) is 4.05. The minimum atomic E-state index is -0.305. The molecule has 3 rings (SSSR count). The molecule has 0 amide bonds. The molecule has 1 atom stereocenters. The van der Waals surface area contributed by atoms with Crippen molar-refractivity contribution in [3.63, 3.8) is 0 Å². The van der Waals surface area contributed by atoms with Crippen LogP contribution in [0.15, 0.2) is 12.1 Å². The fraction of sp³-hybridized carbons (Fsp3) is 0.500. The third-order valence-corrected chi connectivity index (χ3v) is 2.94. The molecule has 92 valence electrons. The number of halogens is 1. The van der Waals surface area contributed by atoms with Gasteiger partial charge in [0.2, 0.25) is 0 Å². The Morgan fingerprint density at radius 2 is 2.06 bits per heavy atom. The first-order valence-electron chi connectivity index (χ1n) is 5.76. The molecule has 0 bridgehead atoms. The lowest BCUT2D eigenvalue weighted by Crippen LogP contribution is -2.34. The van der Waals surface area contributed by atoms with Gasteiger partial charge in [0, 0.05) is 13.1 Å². The van der Waals surface area contributed by atoms with Gasteiger partial charge in [-0.1, -0.05) is 0 Å². The van der Waals surface area contributed by atoms with E-state index in [0.29, 0.717) is 43.4 Å². The van der Waals surface area contributed by atoms with Crippen LogP contribution >= 0.6 is 0 Å². The highest BCUT2D eigenvalue weighted by Gasteiger charge is 2.27. The minimum Gasteiger partial charge on any atom is -0.486 e. The van der Waals surface area contributed by atoms with Crippen LogP contribution in [-0.4, -0.2) is 32.9 Å². The van der Waals surface area contributed by atoms with Crippen molar-refractivity contribution in [2.45, 2.75) is 6.10 Å². The maximum absolute atomic E-state index is 13.9. The van der Waals surface area contributed by atoms with Gasteiger partial charge in [0.15, 0.2) is 11.5 Å². The first kappa shape index (κ1) is 10.8. The molecule has 1 aromatic rings. The van der Waals surface area contributed by atoms with Gasteiger partial charge in [0.1, 0.15) is 25.1 Å². The molecular weight excluding hydrogens is 225 g/mol. The standard InChI is InChI=1S/C12H14FNO3/c13-8-1-2-9-12(17-6-5-16-9)11(8)10-7-14-3-4-15-10/h1-2,10,14H,3-7H2. The Kier molecular flexibility index (Phi) is 2.86. The van der Waals surface area contributed by atoms with Crippen LogP contribution in [0.1, 0.15) is 11.7 Å². The molecule has 2 aliphatic heterocycles. The van der Waals surface area contributed by atoms with Gasteiger partial charge in [-0.15, -0.1) is 0 Å². The van der Waals surface area contributed by atoms with Crippen LogP contribution in [-0.2, 0) is 4.74 Å². The van der Waals surface area contributed by atoms with Crippen LogP contribution in [0, 0.1) is 5.82 Å². The van der Waals surface area contributed by atoms with Crippen LogP contribution < -0.4 is 14.8 Å². The first-order valence-corrected chi connectivity index (χ1v) is 5.76. The van der Waals surface area contributed by atoms with Crippen molar-refractivity contribution in [1.82, 2.24) is 5.32 Å². The van der Waals surface area contributed by atoms with E-state index in [0.717, 1.165) is 6.54 Å². The van der Waals surface area contributed by atoms with Gasteiger partial charge >= 0.3 is 0 Å². The first-order chi connectivity index (χ1) is 8.36. The topological polar surface area (TPSA) is 39.7 Å². The van der Waals surface area contributed by atoms with Crippen LogP contribution in [0.2, 0.25) is 0 Å². The second-order valence-corrected chi connectivity index (χ2v) is 4.05. The Morgan fingerprint density at radius 3 is 2.88 bits per heavy atom. The molecule has 0 aromatic heterocycles. The van der Waals surface area contributed by atoms with E-state index in [1.54, 1.807) is 6.07 Å². The number of fused-ring (bicyclic) bond motifs is 1. The van der Waals surface area contributed by atoms with Crippen LogP contribution in [0.4, 0.5) is 4.39 Å². The third kappa shape index (κ3) is 1.96. The van der Waals surface area contributed by atoms with E-state index in [2.05, 4.69) is 5.32 Å². The molecule has 0 radical (unpaired) electrons. The SMILES string of the molecule is Fc1ccc2c(c1C1CNCCO1)OCCO2. The number of benzene rings is 1. The van der Waals surface area contributed by atoms with Gasteiger partial charge in [0.05, 0.1) is 12.2 Å². The van der Waals surface area contributed by atoms with Crippen LogP contribution in [0.25, 0.3) is 0 Å². The fourth-order valence-corrected chi connectivity index (χ4v) is 2.16. The highest BCUT2D eigenvalue weighted by molar-refractivity contribution is 5.49. The number of hydrogen-bond acceptors (Lipinski definition) is 4. The highest BCUT2D eigenvalue weighted by Crippen LogP contribution is 2.40. The van der Waals surface area contributed by atoms with Crippen molar-refractivity contribution >= 4 is 0 Å². The smallest absolute Gasteiger partial charge is 0.170 e. The maximum Gasteiger partial charge on any atom is 0.170 e. The molecule has 1 N–H and O–H groups in total. The zero-order chi connectivity index (χ0) is 11.7. The summed E-state index contributed by atoms with van der Waals surface area (Å²) in [7, 11) is 0. The lowest BCUT2D eigenvalue weighted by Gasteiger charge is -2.28. The molecular formula is C12H14FNO3. The Balaban J connectivity index is 2.01. The van der Waals surface area contributed by atoms with Gasteiger partial charge in [0.25, 0.3) is 0 Å². The zero-order valence-corrected chi connectivity index (χ0v) is 9.37. The van der Waals surface area contributed by atoms with Gasteiger partial charge in [-0.3, -0.25) is 0 Å². The molecule has 1 unspecified atom stereocenters. The van der Waals surface area contributed by atoms with Gasteiger partial charge in [-0.05, 0) is 12.1 Å². The van der Waals surface area contributed by atoms with Crippen molar-refractivity contribution in [3.8, 4) is 11.5 Å². The van der Waals surface area contributed by atoms with Gasteiger partial charge < -0.3 is 19.5 Å². The van der Waals surface area contributed by atoms with Crippen molar-refractivity contribution < 1.29 is 18.6 Å². The van der Waals surface area contributed by atoms with Gasteiger partial charge in [-0.25, -0.2) is 4.39 Å². The van der Waals surface area contributed by atoms with Crippen molar-refractivity contribution in [1.29, 1.82) is 0 Å². The summed E-state index contributed by atoms with van der Waals surface area (Å²) >= 11 is 0. The normalized spacial score (nSPS) is 23.5. The van der Waals surface area contributed by atoms with Crippen molar-refractivity contribution in [2.24, 2.45) is 0 Å². The summed E-state index contributed by atoms with van der Waals surface area (Å²) in [6.45, 7) is 2.92. The molecule has 1 aromatic carbocycles. The summed E-state index contributed by atoms with van der Waals surface area (Å²) in [6.07, 6.45) is -0.305. The summed E-state index contributed by atoms with van der Waals surface area (Å²) in [5.74, 6) is 0.787. The van der Waals surface area contributed by atoms with Crippen LogP contribution in [0.5, 0.6) is 11.5 Å². The number of nitrogens with one attached hydrogen (secondary N) is 1. The monoisotopic (exact) mass is 239 g/mol. The summed E-state index contributed by atoms with van der Waals surface area (Å²) in [6, 6.07) is 3.00. The minimum absolute atomic E-state index is 0.303. The molecule has 2 heterocycles. The number of hydrogen-bond donors (Lipinski definition) is 1. The number of rotatable bonds is 1. The lowest BCUT2D eigenvalue weighted by molar-refractivity contribution is 0.0221. The summed E-state index contributed by atoms with van der Waals surface area (Å²) in [5, 5.41) is 3.18. The van der Waals surface area contributed by atoms with E-state index >= 15 is 0 Å². The molecule has 17 heavy (non-hydrogen) atoms. The van der Waals surface area contributed by atoms with Gasteiger partial charge in [-0.2, -0.15) is 0 Å². The van der Waals surface area contributed by atoms with Crippen molar-refractivity contribution in [2.75, 3.05) is 32.9 Å². The average Bonchev–Trinajstić information content (AvgIpc) is 2.39. The molecule has 1 fully saturated rings. The number of morpholine rings is 1. The Labute approximate surface area is 98.7 Å². The van der Waals surface area contributed by atoms with E-state index in [-0.39, 0.29) is 11.9 Å². The Bertz CT molecular complexity index is 418. The predicted molar refractivity (Wildman–Crippen MR) is 59.0 cm³/mol. The van der Waals surface area contributed by atoms with Crippen molar-refractivity contribution in [3.05, 3.63) is 23.5 Å². The van der Waals surface area contributed by atoms with E-state index in [1.165, 1.54) is 6.07 Å². The largest absolute Gasteiger partial charge is 0.486 e. The lowest BCUT2D eigenvalue weighted by atomic mass is 10.1. The fourth-order valence-electron chi connectivity index (χ4n) is 2.16. The molecule has 1 saturated heterocycles. The molecule has 0 spiro atoms. The summed E-state index contributed by atoms with van der Waals surface area (Å²) in [4.78, 5) is 0. The second kappa shape index (κ2) is 4.50.